The number of aliphatic hydroxyl groups excluding tert-OH is 1. The number of aliphatic hydroxyl groups is 1. The Morgan fingerprint density at radius 1 is 1.17 bits per heavy atom. The van der Waals surface area contributed by atoms with Gasteiger partial charge in [-0.1, -0.05) is 36.6 Å². The summed E-state index contributed by atoms with van der Waals surface area (Å²) in [6.45, 7) is 7.88. The first kappa shape index (κ1) is 27.2. The number of hydrogen-bond acceptors (Lipinski definition) is 7. The first-order valence-corrected chi connectivity index (χ1v) is 12.3. The minimum atomic E-state index is -0.331. The number of rotatable bonds is 3. The van der Waals surface area contributed by atoms with Crippen LogP contribution in [0.15, 0.2) is 36.4 Å². The van der Waals surface area contributed by atoms with Gasteiger partial charge in [0.2, 0.25) is 0 Å². The molecule has 36 heavy (non-hydrogen) atoms. The average Bonchev–Trinajstić information content (AvgIpc) is 2.88. The number of nitriles is 1. The molecule has 0 bridgehead atoms. The number of piperidine rings is 1. The lowest BCUT2D eigenvalue weighted by Crippen LogP contribution is -2.48. The Morgan fingerprint density at radius 3 is 2.50 bits per heavy atom. The predicted octanol–water partition coefficient (Wildman–Crippen LogP) is 4.58. The number of halogens is 1. The first-order chi connectivity index (χ1) is 17.2. The third-order valence-electron chi connectivity index (χ3n) is 6.30. The van der Waals surface area contributed by atoms with Gasteiger partial charge >= 0.3 is 0 Å². The Balaban J connectivity index is 0.000000275. The van der Waals surface area contributed by atoms with Gasteiger partial charge in [0.1, 0.15) is 11.4 Å². The number of aromatic nitrogens is 2. The van der Waals surface area contributed by atoms with Crippen molar-refractivity contribution < 1.29 is 9.84 Å². The lowest BCUT2D eigenvalue weighted by molar-refractivity contribution is 0.0508. The van der Waals surface area contributed by atoms with E-state index in [1.54, 1.807) is 19.2 Å². The largest absolute Gasteiger partial charge is 0.495 e. The molecule has 0 amide bonds. The number of likely N-dealkylation sites (tertiary alicyclic amines) is 1. The number of anilines is 1. The monoisotopic (exact) mass is 505 g/mol. The minimum Gasteiger partial charge on any atom is -0.495 e. The van der Waals surface area contributed by atoms with Crippen molar-refractivity contribution >= 4 is 28.2 Å². The summed E-state index contributed by atoms with van der Waals surface area (Å²) >= 11 is 5.88. The van der Waals surface area contributed by atoms with Crippen LogP contribution in [0.25, 0.3) is 10.8 Å². The third kappa shape index (κ3) is 6.65. The molecule has 3 N–H and O–H groups in total. The highest BCUT2D eigenvalue weighted by atomic mass is 35.5. The van der Waals surface area contributed by atoms with Gasteiger partial charge in [0.25, 0.3) is 0 Å². The van der Waals surface area contributed by atoms with Crippen molar-refractivity contribution in [1.82, 2.24) is 15.1 Å². The normalized spacial score (nSPS) is 14.2. The molecule has 7 nitrogen and oxygen atoms in total. The summed E-state index contributed by atoms with van der Waals surface area (Å²) in [5, 5.41) is 29.0. The van der Waals surface area contributed by atoms with E-state index < -0.39 is 0 Å². The highest BCUT2D eigenvalue weighted by Gasteiger charge is 2.28. The SMILES string of the molecule is CC(C)(C#Cc1nnc(N)c2cc(C#N)ccc12)N1CCC(O)CC1.CCc1ccc(OC)c(Cl)c1. The zero-order valence-electron chi connectivity index (χ0n) is 21.2. The highest BCUT2D eigenvalue weighted by molar-refractivity contribution is 6.32. The molecule has 8 heteroatoms. The molecule has 0 spiro atoms. The second-order valence-corrected chi connectivity index (χ2v) is 9.56. The van der Waals surface area contributed by atoms with Gasteiger partial charge in [0.15, 0.2) is 5.82 Å². The molecule has 1 aliphatic heterocycles. The lowest BCUT2D eigenvalue weighted by Gasteiger charge is -2.38. The zero-order valence-corrected chi connectivity index (χ0v) is 21.9. The molecule has 1 saturated heterocycles. The predicted molar refractivity (Wildman–Crippen MR) is 144 cm³/mol. The van der Waals surface area contributed by atoms with Crippen molar-refractivity contribution in [2.75, 3.05) is 25.9 Å². The molecular weight excluding hydrogens is 474 g/mol. The van der Waals surface area contributed by atoms with Crippen LogP contribution < -0.4 is 10.5 Å². The number of ether oxygens (including phenoxy) is 1. The van der Waals surface area contributed by atoms with Gasteiger partial charge in [-0.15, -0.1) is 10.2 Å². The van der Waals surface area contributed by atoms with Gasteiger partial charge in [-0.05, 0) is 68.9 Å². The quantitative estimate of drug-likeness (QED) is 0.501. The molecule has 1 aliphatic rings. The maximum Gasteiger partial charge on any atom is 0.154 e. The van der Waals surface area contributed by atoms with E-state index in [-0.39, 0.29) is 11.6 Å². The molecule has 3 aromatic rings. The third-order valence-corrected chi connectivity index (χ3v) is 6.60. The number of methoxy groups -OCH3 is 1. The fourth-order valence-corrected chi connectivity index (χ4v) is 4.26. The summed E-state index contributed by atoms with van der Waals surface area (Å²) < 4.78 is 5.01. The first-order valence-electron chi connectivity index (χ1n) is 11.9. The molecule has 0 aliphatic carbocycles. The molecule has 188 valence electrons. The molecular formula is C28H32ClN5O2. The van der Waals surface area contributed by atoms with Crippen molar-refractivity contribution in [3.8, 4) is 23.7 Å². The fraction of sp³-hybridized carbons (Fsp3) is 0.393. The Bertz CT molecular complexity index is 1320. The summed E-state index contributed by atoms with van der Waals surface area (Å²) in [4.78, 5) is 2.27. The molecule has 2 heterocycles. The van der Waals surface area contributed by atoms with Crippen molar-refractivity contribution in [2.24, 2.45) is 0 Å². The van der Waals surface area contributed by atoms with Crippen LogP contribution in [0.5, 0.6) is 5.75 Å². The highest BCUT2D eigenvalue weighted by Crippen LogP contribution is 2.25. The Hall–Kier alpha value is -3.36. The molecule has 2 aromatic carbocycles. The van der Waals surface area contributed by atoms with Crippen LogP contribution in [0, 0.1) is 23.2 Å². The van der Waals surface area contributed by atoms with Crippen LogP contribution in [0.3, 0.4) is 0 Å². The maximum atomic E-state index is 9.67. The molecule has 4 rings (SSSR count). The number of fused-ring (bicyclic) bond motifs is 1. The standard InChI is InChI=1S/C19H21N5O.C9H11ClO/c1-19(2,24-9-6-14(25)7-10-24)8-5-17-15-4-3-13(12-20)11-16(15)18(21)23-22-17;1-3-7-4-5-9(11-2)8(10)6-7/h3-4,11,14,25H,6-7,9-10H2,1-2H3,(H2,21,23);4-6H,3H2,1-2H3. The van der Waals surface area contributed by atoms with Crippen molar-refractivity contribution in [1.29, 1.82) is 5.26 Å². The summed E-state index contributed by atoms with van der Waals surface area (Å²) in [7, 11) is 1.62. The zero-order chi connectivity index (χ0) is 26.3. The molecule has 0 unspecified atom stereocenters. The topological polar surface area (TPSA) is 108 Å². The molecule has 0 saturated carbocycles. The van der Waals surface area contributed by atoms with E-state index in [4.69, 9.17) is 27.3 Å². The van der Waals surface area contributed by atoms with E-state index in [0.29, 0.717) is 27.5 Å². The van der Waals surface area contributed by atoms with Crippen molar-refractivity contribution in [2.45, 2.75) is 51.7 Å². The Kier molecular flexibility index (Phi) is 9.12. The molecule has 0 radical (unpaired) electrons. The number of benzene rings is 2. The fourth-order valence-electron chi connectivity index (χ4n) is 3.98. The van der Waals surface area contributed by atoms with Gasteiger partial charge in [-0.25, -0.2) is 0 Å². The molecule has 0 atom stereocenters. The van der Waals surface area contributed by atoms with Gasteiger partial charge < -0.3 is 15.6 Å². The van der Waals surface area contributed by atoms with Gasteiger partial charge in [0, 0.05) is 23.9 Å². The van der Waals surface area contributed by atoms with Gasteiger partial charge in [-0.3, -0.25) is 4.90 Å². The minimum absolute atomic E-state index is 0.207. The van der Waals surface area contributed by atoms with Crippen molar-refractivity contribution in [3.63, 3.8) is 0 Å². The smallest absolute Gasteiger partial charge is 0.154 e. The van der Waals surface area contributed by atoms with E-state index in [0.717, 1.165) is 43.5 Å². The van der Waals surface area contributed by atoms with E-state index >= 15 is 0 Å². The number of nitrogens with two attached hydrogens (primary N) is 1. The van der Waals surface area contributed by atoms with Crippen LogP contribution in [-0.2, 0) is 6.42 Å². The van der Waals surface area contributed by atoms with Gasteiger partial charge in [-0.2, -0.15) is 5.26 Å². The summed E-state index contributed by atoms with van der Waals surface area (Å²) in [6.07, 6.45) is 2.34. The Morgan fingerprint density at radius 2 is 1.89 bits per heavy atom. The summed E-state index contributed by atoms with van der Waals surface area (Å²) in [5.74, 6) is 7.45. The van der Waals surface area contributed by atoms with E-state index in [2.05, 4.69) is 53.8 Å². The van der Waals surface area contributed by atoms with Crippen LogP contribution in [0.1, 0.15) is 50.4 Å². The summed E-state index contributed by atoms with van der Waals surface area (Å²) in [5.41, 5.74) is 7.88. The van der Waals surface area contributed by atoms with Gasteiger partial charge in [0.05, 0.1) is 35.4 Å². The lowest BCUT2D eigenvalue weighted by atomic mass is 9.97. The number of nitrogen functional groups attached to an aromatic ring is 1. The Labute approximate surface area is 217 Å². The second-order valence-electron chi connectivity index (χ2n) is 9.16. The summed E-state index contributed by atoms with van der Waals surface area (Å²) in [6, 6.07) is 13.2. The van der Waals surface area contributed by atoms with Crippen LogP contribution in [0.2, 0.25) is 5.02 Å². The van der Waals surface area contributed by atoms with E-state index in [1.165, 1.54) is 5.56 Å². The molecule has 1 fully saturated rings. The van der Waals surface area contributed by atoms with Crippen LogP contribution in [-0.4, -0.2) is 52.0 Å². The average molecular weight is 506 g/mol. The number of nitrogens with zero attached hydrogens (tertiary/aromatic N) is 4. The van der Waals surface area contributed by atoms with Crippen molar-refractivity contribution in [3.05, 3.63) is 58.2 Å². The van der Waals surface area contributed by atoms with E-state index in [1.807, 2.05) is 24.3 Å². The van der Waals surface area contributed by atoms with Crippen LogP contribution in [0.4, 0.5) is 5.82 Å². The number of aryl methyl sites for hydroxylation is 1. The second kappa shape index (κ2) is 12.1. The maximum absolute atomic E-state index is 9.67. The molecule has 1 aromatic heterocycles. The number of hydrogen-bond donors (Lipinski definition) is 2. The van der Waals surface area contributed by atoms with Crippen LogP contribution >= 0.6 is 11.6 Å². The van der Waals surface area contributed by atoms with E-state index in [9.17, 15) is 5.11 Å².